The van der Waals surface area contributed by atoms with E-state index < -0.39 is 0 Å². The lowest BCUT2D eigenvalue weighted by Crippen LogP contribution is -2.02. The summed E-state index contributed by atoms with van der Waals surface area (Å²) in [6.07, 6.45) is 0. The first kappa shape index (κ1) is 15.1. The molecule has 0 spiro atoms. The first-order valence-electron chi connectivity index (χ1n) is 6.26. The number of carbonyl (C=O) groups excluding carboxylic acids is 1. The van der Waals surface area contributed by atoms with Crippen molar-refractivity contribution in [1.29, 1.82) is 0 Å². The topological polar surface area (TPSA) is 26.3 Å². The van der Waals surface area contributed by atoms with Gasteiger partial charge in [-0.05, 0) is 71.7 Å². The van der Waals surface area contributed by atoms with Crippen molar-refractivity contribution in [3.8, 4) is 5.75 Å². The Labute approximate surface area is 131 Å². The largest absolute Gasteiger partial charge is 0.493 e. The fourth-order valence-corrected chi connectivity index (χ4v) is 2.48. The normalized spacial score (nSPS) is 10.4. The van der Waals surface area contributed by atoms with Crippen LogP contribution in [-0.2, 0) is 0 Å². The zero-order valence-electron chi connectivity index (χ0n) is 11.2. The average Bonchev–Trinajstić information content (AvgIpc) is 2.43. The molecule has 0 bridgehead atoms. The minimum Gasteiger partial charge on any atom is -0.493 e. The highest BCUT2D eigenvalue weighted by Crippen LogP contribution is 2.27. The summed E-state index contributed by atoms with van der Waals surface area (Å²) in [7, 11) is 0. The quantitative estimate of drug-likeness (QED) is 0.720. The van der Waals surface area contributed by atoms with Crippen LogP contribution < -0.4 is 4.74 Å². The molecule has 0 unspecified atom stereocenters. The number of carbonyl (C=O) groups is 1. The SMILES string of the molecule is CCOc1ccc(C(=O)c2ccc(Cl)c(C)c2)cc1Br. The number of hydrogen-bond donors (Lipinski definition) is 0. The molecule has 0 saturated carbocycles. The van der Waals surface area contributed by atoms with Crippen LogP contribution in [0.3, 0.4) is 0 Å². The fraction of sp³-hybridized carbons (Fsp3) is 0.188. The molecule has 0 fully saturated rings. The molecule has 0 aliphatic rings. The fourth-order valence-electron chi connectivity index (χ4n) is 1.87. The zero-order valence-corrected chi connectivity index (χ0v) is 13.6. The number of ether oxygens (including phenoxy) is 1. The van der Waals surface area contributed by atoms with Gasteiger partial charge in [-0.1, -0.05) is 11.6 Å². The summed E-state index contributed by atoms with van der Waals surface area (Å²) >= 11 is 9.39. The van der Waals surface area contributed by atoms with Gasteiger partial charge in [-0.25, -0.2) is 0 Å². The number of benzene rings is 2. The highest BCUT2D eigenvalue weighted by molar-refractivity contribution is 9.10. The van der Waals surface area contributed by atoms with Gasteiger partial charge >= 0.3 is 0 Å². The van der Waals surface area contributed by atoms with E-state index in [4.69, 9.17) is 16.3 Å². The summed E-state index contributed by atoms with van der Waals surface area (Å²) < 4.78 is 6.21. The van der Waals surface area contributed by atoms with Crippen molar-refractivity contribution < 1.29 is 9.53 Å². The van der Waals surface area contributed by atoms with E-state index in [0.717, 1.165) is 15.8 Å². The molecule has 104 valence electrons. The van der Waals surface area contributed by atoms with Gasteiger partial charge in [0.15, 0.2) is 5.78 Å². The van der Waals surface area contributed by atoms with Crippen molar-refractivity contribution in [3.05, 3.63) is 62.6 Å². The van der Waals surface area contributed by atoms with Gasteiger partial charge in [-0.15, -0.1) is 0 Å². The Morgan fingerprint density at radius 1 is 1.20 bits per heavy atom. The Bertz CT molecular complexity index is 653. The Morgan fingerprint density at radius 3 is 2.45 bits per heavy atom. The summed E-state index contributed by atoms with van der Waals surface area (Å²) in [6, 6.07) is 10.6. The highest BCUT2D eigenvalue weighted by atomic mass is 79.9. The van der Waals surface area contributed by atoms with Crippen molar-refractivity contribution in [1.82, 2.24) is 0 Å². The number of aryl methyl sites for hydroxylation is 1. The van der Waals surface area contributed by atoms with E-state index in [1.54, 1.807) is 36.4 Å². The molecule has 0 aliphatic carbocycles. The molecule has 2 nitrogen and oxygen atoms in total. The summed E-state index contributed by atoms with van der Waals surface area (Å²) in [5.41, 5.74) is 2.13. The molecule has 0 aromatic heterocycles. The van der Waals surface area contributed by atoms with Crippen LogP contribution in [0.2, 0.25) is 5.02 Å². The van der Waals surface area contributed by atoms with Crippen molar-refractivity contribution in [2.24, 2.45) is 0 Å². The molecule has 2 aromatic carbocycles. The van der Waals surface area contributed by atoms with Gasteiger partial charge in [0.25, 0.3) is 0 Å². The smallest absolute Gasteiger partial charge is 0.193 e. The number of halogens is 2. The highest BCUT2D eigenvalue weighted by Gasteiger charge is 2.12. The number of rotatable bonds is 4. The van der Waals surface area contributed by atoms with Crippen molar-refractivity contribution in [3.63, 3.8) is 0 Å². The molecule has 0 saturated heterocycles. The predicted molar refractivity (Wildman–Crippen MR) is 84.9 cm³/mol. The van der Waals surface area contributed by atoms with Crippen LogP contribution in [0.5, 0.6) is 5.75 Å². The van der Waals surface area contributed by atoms with E-state index in [0.29, 0.717) is 22.8 Å². The molecule has 0 aliphatic heterocycles. The summed E-state index contributed by atoms with van der Waals surface area (Å²) in [6.45, 7) is 4.39. The van der Waals surface area contributed by atoms with Gasteiger partial charge in [0.05, 0.1) is 11.1 Å². The first-order chi connectivity index (χ1) is 9.52. The van der Waals surface area contributed by atoms with E-state index in [-0.39, 0.29) is 5.78 Å². The average molecular weight is 354 g/mol. The molecule has 0 atom stereocenters. The lowest BCUT2D eigenvalue weighted by Gasteiger charge is -2.08. The Hall–Kier alpha value is -1.32. The maximum absolute atomic E-state index is 12.4. The molecule has 0 heterocycles. The summed E-state index contributed by atoms with van der Waals surface area (Å²) in [5.74, 6) is 0.699. The molecule has 2 aromatic rings. The van der Waals surface area contributed by atoms with E-state index in [1.807, 2.05) is 13.8 Å². The van der Waals surface area contributed by atoms with Crippen molar-refractivity contribution >= 4 is 33.3 Å². The standard InChI is InChI=1S/C16H14BrClO2/c1-3-20-15-7-5-12(9-13(15)17)16(19)11-4-6-14(18)10(2)8-11/h4-9H,3H2,1-2H3. The maximum Gasteiger partial charge on any atom is 0.193 e. The second-order valence-corrected chi connectivity index (χ2v) is 5.63. The molecular weight excluding hydrogens is 340 g/mol. The van der Waals surface area contributed by atoms with Crippen molar-refractivity contribution in [2.45, 2.75) is 13.8 Å². The van der Waals surface area contributed by atoms with Crippen LogP contribution in [0, 0.1) is 6.92 Å². The molecular formula is C16H14BrClO2. The lowest BCUT2D eigenvalue weighted by molar-refractivity contribution is 0.103. The van der Waals surface area contributed by atoms with Crippen LogP contribution in [0.25, 0.3) is 0 Å². The molecule has 2 rings (SSSR count). The first-order valence-corrected chi connectivity index (χ1v) is 7.43. The van der Waals surface area contributed by atoms with Gasteiger partial charge in [0, 0.05) is 16.1 Å². The van der Waals surface area contributed by atoms with Gasteiger partial charge in [0.2, 0.25) is 0 Å². The van der Waals surface area contributed by atoms with Crippen LogP contribution in [0.1, 0.15) is 28.4 Å². The van der Waals surface area contributed by atoms with Crippen LogP contribution >= 0.6 is 27.5 Å². The zero-order chi connectivity index (χ0) is 14.7. The van der Waals surface area contributed by atoms with Gasteiger partial charge in [0.1, 0.15) is 5.75 Å². The third-order valence-electron chi connectivity index (χ3n) is 2.91. The van der Waals surface area contributed by atoms with Crippen LogP contribution in [-0.4, -0.2) is 12.4 Å². The predicted octanol–water partition coefficient (Wildman–Crippen LogP) is 5.04. The summed E-state index contributed by atoms with van der Waals surface area (Å²) in [4.78, 5) is 12.4. The molecule has 0 N–H and O–H groups in total. The van der Waals surface area contributed by atoms with E-state index in [9.17, 15) is 4.79 Å². The maximum atomic E-state index is 12.4. The van der Waals surface area contributed by atoms with E-state index >= 15 is 0 Å². The van der Waals surface area contributed by atoms with Crippen LogP contribution in [0.4, 0.5) is 0 Å². The molecule has 20 heavy (non-hydrogen) atoms. The third kappa shape index (κ3) is 3.22. The number of ketones is 1. The summed E-state index contributed by atoms with van der Waals surface area (Å²) in [5, 5.41) is 0.662. The molecule has 0 amide bonds. The van der Waals surface area contributed by atoms with E-state index in [1.165, 1.54) is 0 Å². The second kappa shape index (κ2) is 6.42. The minimum absolute atomic E-state index is 0.0338. The third-order valence-corrected chi connectivity index (χ3v) is 3.96. The second-order valence-electron chi connectivity index (χ2n) is 4.37. The molecule has 4 heteroatoms. The Kier molecular flexibility index (Phi) is 4.84. The minimum atomic E-state index is -0.0338. The Morgan fingerprint density at radius 2 is 1.85 bits per heavy atom. The van der Waals surface area contributed by atoms with E-state index in [2.05, 4.69) is 15.9 Å². The van der Waals surface area contributed by atoms with Gasteiger partial charge in [-0.2, -0.15) is 0 Å². The number of hydrogen-bond acceptors (Lipinski definition) is 2. The monoisotopic (exact) mass is 352 g/mol. The van der Waals surface area contributed by atoms with Gasteiger partial charge < -0.3 is 4.74 Å². The molecule has 0 radical (unpaired) electrons. The van der Waals surface area contributed by atoms with Crippen LogP contribution in [0.15, 0.2) is 40.9 Å². The Balaban J connectivity index is 2.33. The van der Waals surface area contributed by atoms with Gasteiger partial charge in [-0.3, -0.25) is 4.79 Å². The van der Waals surface area contributed by atoms with Crippen molar-refractivity contribution in [2.75, 3.05) is 6.61 Å². The lowest BCUT2D eigenvalue weighted by atomic mass is 10.0.